The molecular weight excluding hydrogens is 620 g/mol. The monoisotopic (exact) mass is 664 g/mol. The van der Waals surface area contributed by atoms with E-state index in [9.17, 15) is 9.59 Å². The van der Waals surface area contributed by atoms with E-state index in [1.807, 2.05) is 0 Å². The topological polar surface area (TPSA) is 117 Å². The molecular formula is C37H44O11. The Bertz CT molecular complexity index is 1380. The normalized spacial score (nSPS) is 13.1. The standard InChI is InChI=1S/C37H44O11/c1-3-35(38)45-24-22-40-21-23-44-31-11-13-32(14-12-31)46-28-47-33-15-17-34(18-16-33)48-36(39)29-7-9-30(10-8-29)43-20-6-5-19-41-25-37(4-2)26-42-27-37/h3,7-18H,1,4-6,19-28H2,2H3. The van der Waals surface area contributed by atoms with Gasteiger partial charge in [-0.3, -0.25) is 0 Å². The molecule has 0 atom stereocenters. The van der Waals surface area contributed by atoms with Crippen molar-refractivity contribution in [1.29, 1.82) is 0 Å². The van der Waals surface area contributed by atoms with Crippen LogP contribution in [0.1, 0.15) is 36.5 Å². The van der Waals surface area contributed by atoms with E-state index in [4.69, 9.17) is 42.6 Å². The molecule has 11 heteroatoms. The molecule has 258 valence electrons. The molecule has 0 unspecified atom stereocenters. The summed E-state index contributed by atoms with van der Waals surface area (Å²) in [6, 6.07) is 20.7. The Morgan fingerprint density at radius 3 is 1.81 bits per heavy atom. The second kappa shape index (κ2) is 19.9. The summed E-state index contributed by atoms with van der Waals surface area (Å²) in [5, 5.41) is 0. The van der Waals surface area contributed by atoms with Crippen LogP contribution in [0.25, 0.3) is 0 Å². The van der Waals surface area contributed by atoms with Gasteiger partial charge in [0.05, 0.1) is 45.2 Å². The van der Waals surface area contributed by atoms with E-state index >= 15 is 0 Å². The molecule has 3 aromatic carbocycles. The molecule has 0 bridgehead atoms. The van der Waals surface area contributed by atoms with E-state index in [0.29, 0.717) is 60.7 Å². The summed E-state index contributed by atoms with van der Waals surface area (Å²) in [4.78, 5) is 23.6. The van der Waals surface area contributed by atoms with Crippen LogP contribution in [0, 0.1) is 5.41 Å². The fraction of sp³-hybridized carbons (Fsp3) is 0.405. The minimum atomic E-state index is -0.479. The second-order valence-electron chi connectivity index (χ2n) is 11.1. The van der Waals surface area contributed by atoms with Crippen LogP contribution in [-0.4, -0.2) is 78.2 Å². The lowest BCUT2D eigenvalue weighted by atomic mass is 9.84. The number of rotatable bonds is 23. The van der Waals surface area contributed by atoms with Crippen molar-refractivity contribution in [3.8, 4) is 28.7 Å². The largest absolute Gasteiger partial charge is 0.494 e. The van der Waals surface area contributed by atoms with Gasteiger partial charge in [-0.1, -0.05) is 13.5 Å². The molecule has 1 aliphatic rings. The number of ether oxygens (including phenoxy) is 9. The van der Waals surface area contributed by atoms with Gasteiger partial charge in [0, 0.05) is 18.1 Å². The average Bonchev–Trinajstić information content (AvgIpc) is 3.10. The summed E-state index contributed by atoms with van der Waals surface area (Å²) in [5.41, 5.74) is 0.634. The molecule has 1 saturated heterocycles. The van der Waals surface area contributed by atoms with Crippen molar-refractivity contribution < 1.29 is 52.2 Å². The molecule has 0 aliphatic carbocycles. The van der Waals surface area contributed by atoms with Crippen molar-refractivity contribution in [1.82, 2.24) is 0 Å². The van der Waals surface area contributed by atoms with Gasteiger partial charge in [0.1, 0.15) is 42.0 Å². The fourth-order valence-corrected chi connectivity index (χ4v) is 4.40. The lowest BCUT2D eigenvalue weighted by Gasteiger charge is -2.40. The molecule has 4 rings (SSSR count). The zero-order valence-electron chi connectivity index (χ0n) is 27.4. The molecule has 1 aliphatic heterocycles. The maximum atomic E-state index is 12.6. The van der Waals surface area contributed by atoms with Crippen LogP contribution < -0.4 is 23.7 Å². The first-order valence-electron chi connectivity index (χ1n) is 16.0. The predicted octanol–water partition coefficient (Wildman–Crippen LogP) is 6.05. The maximum absolute atomic E-state index is 12.6. The number of benzene rings is 3. The molecule has 0 spiro atoms. The highest BCUT2D eigenvalue weighted by Crippen LogP contribution is 2.31. The number of carbonyl (C=O) groups excluding carboxylic acids is 2. The molecule has 1 fully saturated rings. The summed E-state index contributed by atoms with van der Waals surface area (Å²) in [7, 11) is 0. The molecule has 11 nitrogen and oxygen atoms in total. The number of esters is 2. The third-order valence-corrected chi connectivity index (χ3v) is 7.46. The summed E-state index contributed by atoms with van der Waals surface area (Å²) in [6.45, 7) is 10.3. The minimum absolute atomic E-state index is 0.0127. The van der Waals surface area contributed by atoms with Gasteiger partial charge in [-0.05, 0) is 92.1 Å². The summed E-state index contributed by atoms with van der Waals surface area (Å²) >= 11 is 0. The maximum Gasteiger partial charge on any atom is 0.343 e. The van der Waals surface area contributed by atoms with E-state index in [2.05, 4.69) is 13.5 Å². The zero-order valence-corrected chi connectivity index (χ0v) is 27.4. The van der Waals surface area contributed by atoms with E-state index < -0.39 is 11.9 Å². The lowest BCUT2D eigenvalue weighted by molar-refractivity contribution is -0.150. The van der Waals surface area contributed by atoms with Gasteiger partial charge in [0.25, 0.3) is 0 Å². The third-order valence-electron chi connectivity index (χ3n) is 7.46. The molecule has 0 N–H and O–H groups in total. The summed E-state index contributed by atoms with van der Waals surface area (Å²) in [6.07, 6.45) is 3.99. The quantitative estimate of drug-likeness (QED) is 0.0388. The number of hydrogen-bond acceptors (Lipinski definition) is 11. The van der Waals surface area contributed by atoms with Crippen LogP contribution in [0.3, 0.4) is 0 Å². The number of carbonyl (C=O) groups is 2. The molecule has 3 aromatic rings. The molecule has 0 saturated carbocycles. The van der Waals surface area contributed by atoms with Gasteiger partial charge in [0.15, 0.2) is 0 Å². The Balaban J connectivity index is 1.05. The first-order chi connectivity index (χ1) is 23.5. The lowest BCUT2D eigenvalue weighted by Crippen LogP contribution is -2.45. The summed E-state index contributed by atoms with van der Waals surface area (Å²) < 4.78 is 49.5. The van der Waals surface area contributed by atoms with Gasteiger partial charge < -0.3 is 42.6 Å². The van der Waals surface area contributed by atoms with Gasteiger partial charge in [-0.2, -0.15) is 0 Å². The van der Waals surface area contributed by atoms with Gasteiger partial charge in [0.2, 0.25) is 6.79 Å². The highest BCUT2D eigenvalue weighted by atomic mass is 16.7. The van der Waals surface area contributed by atoms with E-state index in [0.717, 1.165) is 45.2 Å². The predicted molar refractivity (Wildman–Crippen MR) is 177 cm³/mol. The molecule has 48 heavy (non-hydrogen) atoms. The van der Waals surface area contributed by atoms with Crippen LogP contribution in [0.5, 0.6) is 28.7 Å². The first kappa shape index (κ1) is 36.3. The highest BCUT2D eigenvalue weighted by molar-refractivity contribution is 5.91. The Morgan fingerprint density at radius 2 is 1.23 bits per heavy atom. The van der Waals surface area contributed by atoms with Crippen molar-refractivity contribution >= 4 is 11.9 Å². The van der Waals surface area contributed by atoms with Crippen molar-refractivity contribution in [2.24, 2.45) is 5.41 Å². The molecule has 0 radical (unpaired) electrons. The van der Waals surface area contributed by atoms with Crippen molar-refractivity contribution in [2.75, 3.05) is 66.3 Å². The minimum Gasteiger partial charge on any atom is -0.494 e. The van der Waals surface area contributed by atoms with Crippen molar-refractivity contribution in [3.05, 3.63) is 91.0 Å². The third kappa shape index (κ3) is 12.6. The number of unbranched alkanes of at least 4 members (excludes halogenated alkanes) is 1. The molecule has 1 heterocycles. The van der Waals surface area contributed by atoms with Crippen molar-refractivity contribution in [2.45, 2.75) is 26.2 Å². The number of hydrogen-bond donors (Lipinski definition) is 0. The van der Waals surface area contributed by atoms with Gasteiger partial charge in [-0.15, -0.1) is 0 Å². The van der Waals surface area contributed by atoms with Crippen LogP contribution in [-0.2, 0) is 23.7 Å². The van der Waals surface area contributed by atoms with E-state index in [1.54, 1.807) is 72.8 Å². The first-order valence-corrected chi connectivity index (χ1v) is 16.0. The summed E-state index contributed by atoms with van der Waals surface area (Å²) in [5.74, 6) is 1.96. The smallest absolute Gasteiger partial charge is 0.343 e. The average molecular weight is 665 g/mol. The van der Waals surface area contributed by atoms with E-state index in [1.165, 1.54) is 0 Å². The van der Waals surface area contributed by atoms with Gasteiger partial charge >= 0.3 is 11.9 Å². The Labute approximate surface area is 281 Å². The van der Waals surface area contributed by atoms with Crippen molar-refractivity contribution in [3.63, 3.8) is 0 Å². The van der Waals surface area contributed by atoms with Crippen LogP contribution in [0.2, 0.25) is 0 Å². The van der Waals surface area contributed by atoms with Crippen LogP contribution in [0.15, 0.2) is 85.5 Å². The van der Waals surface area contributed by atoms with Gasteiger partial charge in [-0.25, -0.2) is 9.59 Å². The second-order valence-corrected chi connectivity index (χ2v) is 11.1. The highest BCUT2D eigenvalue weighted by Gasteiger charge is 2.36. The Morgan fingerprint density at radius 1 is 0.688 bits per heavy atom. The van der Waals surface area contributed by atoms with E-state index in [-0.39, 0.29) is 25.4 Å². The Kier molecular flexibility index (Phi) is 15.1. The molecule has 0 aromatic heterocycles. The van der Waals surface area contributed by atoms with Crippen LogP contribution >= 0.6 is 0 Å². The van der Waals surface area contributed by atoms with Crippen LogP contribution in [0.4, 0.5) is 0 Å². The fourth-order valence-electron chi connectivity index (χ4n) is 4.40. The zero-order chi connectivity index (χ0) is 33.9. The Hall–Kier alpha value is -4.58. The SMILES string of the molecule is C=CC(=O)OCCOCCOc1ccc(OCOc2ccc(OC(=O)c3ccc(OCCCCOCC4(CC)COC4)cc3)cc2)cc1. The molecule has 0 amide bonds.